The molecular formula is C12H11FN2O2. The van der Waals surface area contributed by atoms with Crippen molar-refractivity contribution in [2.75, 3.05) is 5.32 Å². The molecule has 1 heterocycles. The summed E-state index contributed by atoms with van der Waals surface area (Å²) in [6.45, 7) is 1.17. The van der Waals surface area contributed by atoms with Gasteiger partial charge in [0.05, 0.1) is 12.3 Å². The first-order valence-electron chi connectivity index (χ1n) is 5.07. The first kappa shape index (κ1) is 11.5. The summed E-state index contributed by atoms with van der Waals surface area (Å²) in [4.78, 5) is 14.8. The van der Waals surface area contributed by atoms with E-state index >= 15 is 0 Å². The molecule has 4 nitrogen and oxygen atoms in total. The van der Waals surface area contributed by atoms with Crippen molar-refractivity contribution in [1.29, 1.82) is 0 Å². The summed E-state index contributed by atoms with van der Waals surface area (Å²) in [5.74, 6) is -0.905. The molecule has 0 bridgehead atoms. The number of aliphatic hydroxyl groups is 1. The number of amides is 1. The van der Waals surface area contributed by atoms with E-state index in [1.807, 2.05) is 0 Å². The topological polar surface area (TPSA) is 62.2 Å². The van der Waals surface area contributed by atoms with Crippen LogP contribution in [0.1, 0.15) is 12.5 Å². The summed E-state index contributed by atoms with van der Waals surface area (Å²) < 4.78 is 13.9. The minimum atomic E-state index is -0.567. The van der Waals surface area contributed by atoms with Crippen LogP contribution in [0.4, 0.5) is 10.1 Å². The van der Waals surface area contributed by atoms with Gasteiger partial charge in [-0.15, -0.1) is 0 Å². The Labute approximate surface area is 97.1 Å². The highest BCUT2D eigenvalue weighted by Gasteiger charge is 2.09. The van der Waals surface area contributed by atoms with Crippen molar-refractivity contribution in [3.63, 3.8) is 0 Å². The number of fused-ring (bicyclic) bond motifs is 1. The Kier molecular flexibility index (Phi) is 3.01. The molecule has 2 N–H and O–H groups in total. The molecule has 2 aromatic rings. The SMILES string of the molecule is CC(=O)Nc1ccc2cc(CO)cnc2c1F. The average molecular weight is 234 g/mol. The van der Waals surface area contributed by atoms with Gasteiger partial charge in [0.25, 0.3) is 0 Å². The zero-order chi connectivity index (χ0) is 12.4. The van der Waals surface area contributed by atoms with Crippen molar-refractivity contribution in [2.24, 2.45) is 0 Å². The smallest absolute Gasteiger partial charge is 0.221 e. The summed E-state index contributed by atoms with van der Waals surface area (Å²) >= 11 is 0. The van der Waals surface area contributed by atoms with E-state index in [4.69, 9.17) is 5.11 Å². The fourth-order valence-corrected chi connectivity index (χ4v) is 1.58. The van der Waals surface area contributed by atoms with Gasteiger partial charge in [0, 0.05) is 18.5 Å². The van der Waals surface area contributed by atoms with Crippen LogP contribution in [0.2, 0.25) is 0 Å². The van der Waals surface area contributed by atoms with Crippen LogP contribution in [0.25, 0.3) is 10.9 Å². The van der Waals surface area contributed by atoms with Gasteiger partial charge in [-0.25, -0.2) is 4.39 Å². The fraction of sp³-hybridized carbons (Fsp3) is 0.167. The van der Waals surface area contributed by atoms with Gasteiger partial charge in [-0.2, -0.15) is 0 Å². The third kappa shape index (κ3) is 2.24. The lowest BCUT2D eigenvalue weighted by Crippen LogP contribution is -2.07. The number of halogens is 1. The van der Waals surface area contributed by atoms with Crippen LogP contribution < -0.4 is 5.32 Å². The van der Waals surface area contributed by atoms with E-state index in [-0.39, 0.29) is 23.7 Å². The summed E-state index contributed by atoms with van der Waals surface area (Å²) in [5, 5.41) is 11.9. The molecule has 1 aromatic heterocycles. The van der Waals surface area contributed by atoms with Gasteiger partial charge in [0.15, 0.2) is 5.82 Å². The van der Waals surface area contributed by atoms with Crippen molar-refractivity contribution in [2.45, 2.75) is 13.5 Å². The highest BCUT2D eigenvalue weighted by Crippen LogP contribution is 2.23. The molecule has 1 aromatic carbocycles. The number of carbonyl (C=O) groups is 1. The standard InChI is InChI=1S/C12H11FN2O2/c1-7(17)15-10-3-2-9-4-8(6-16)5-14-12(9)11(10)13/h2-5,16H,6H2,1H3,(H,15,17). The van der Waals surface area contributed by atoms with E-state index in [0.717, 1.165) is 0 Å². The number of aromatic nitrogens is 1. The quantitative estimate of drug-likeness (QED) is 0.833. The summed E-state index contributed by atoms with van der Waals surface area (Å²) in [5.41, 5.74) is 0.895. The Balaban J connectivity index is 2.56. The van der Waals surface area contributed by atoms with Crippen LogP contribution in [-0.4, -0.2) is 16.0 Å². The van der Waals surface area contributed by atoms with Gasteiger partial charge in [-0.1, -0.05) is 6.07 Å². The van der Waals surface area contributed by atoms with Crippen LogP contribution in [0.5, 0.6) is 0 Å². The summed E-state index contributed by atoms with van der Waals surface area (Å²) in [6, 6.07) is 4.78. The van der Waals surface area contributed by atoms with Crippen LogP contribution in [0.3, 0.4) is 0 Å². The highest BCUT2D eigenvalue weighted by molar-refractivity contribution is 5.92. The van der Waals surface area contributed by atoms with Crippen LogP contribution >= 0.6 is 0 Å². The second kappa shape index (κ2) is 4.47. The second-order valence-corrected chi connectivity index (χ2v) is 3.68. The molecule has 0 unspecified atom stereocenters. The van der Waals surface area contributed by atoms with E-state index in [2.05, 4.69) is 10.3 Å². The number of nitrogens with one attached hydrogen (secondary N) is 1. The number of rotatable bonds is 2. The molecule has 1 amide bonds. The Morgan fingerprint density at radius 3 is 2.94 bits per heavy atom. The molecule has 17 heavy (non-hydrogen) atoms. The van der Waals surface area contributed by atoms with E-state index in [9.17, 15) is 9.18 Å². The van der Waals surface area contributed by atoms with Crippen LogP contribution in [0, 0.1) is 5.82 Å². The molecule has 0 fully saturated rings. The molecule has 0 atom stereocenters. The van der Waals surface area contributed by atoms with Crippen molar-refractivity contribution in [3.8, 4) is 0 Å². The van der Waals surface area contributed by atoms with E-state index < -0.39 is 5.82 Å². The molecule has 88 valence electrons. The third-order valence-electron chi connectivity index (χ3n) is 2.34. The Bertz CT molecular complexity index is 584. The van der Waals surface area contributed by atoms with Crippen molar-refractivity contribution < 1.29 is 14.3 Å². The Hall–Kier alpha value is -2.01. The first-order chi connectivity index (χ1) is 8.11. The van der Waals surface area contributed by atoms with Gasteiger partial charge in [-0.05, 0) is 17.7 Å². The Morgan fingerprint density at radius 2 is 2.29 bits per heavy atom. The third-order valence-corrected chi connectivity index (χ3v) is 2.34. The number of hydrogen-bond donors (Lipinski definition) is 2. The lowest BCUT2D eigenvalue weighted by molar-refractivity contribution is -0.114. The normalized spacial score (nSPS) is 10.5. The van der Waals surface area contributed by atoms with Gasteiger partial charge in [0.2, 0.25) is 5.91 Å². The zero-order valence-electron chi connectivity index (χ0n) is 9.20. The molecule has 0 saturated heterocycles. The maximum absolute atomic E-state index is 13.9. The first-order valence-corrected chi connectivity index (χ1v) is 5.07. The Morgan fingerprint density at radius 1 is 1.53 bits per heavy atom. The number of pyridine rings is 1. The van der Waals surface area contributed by atoms with E-state index in [1.165, 1.54) is 19.2 Å². The molecule has 0 aliphatic rings. The number of anilines is 1. The zero-order valence-corrected chi connectivity index (χ0v) is 9.20. The van der Waals surface area contributed by atoms with Crippen LogP contribution in [0.15, 0.2) is 24.4 Å². The minimum absolute atomic E-state index is 0.106. The van der Waals surface area contributed by atoms with Crippen molar-refractivity contribution in [1.82, 2.24) is 4.98 Å². The van der Waals surface area contributed by atoms with Gasteiger partial charge in [-0.3, -0.25) is 9.78 Å². The summed E-state index contributed by atoms with van der Waals surface area (Å²) in [7, 11) is 0. The molecule has 0 aliphatic heterocycles. The lowest BCUT2D eigenvalue weighted by Gasteiger charge is -2.07. The molecule has 2 rings (SSSR count). The summed E-state index contributed by atoms with van der Waals surface area (Å²) in [6.07, 6.45) is 1.41. The molecule has 0 aliphatic carbocycles. The molecule has 0 saturated carbocycles. The van der Waals surface area contributed by atoms with Crippen molar-refractivity contribution >= 4 is 22.5 Å². The van der Waals surface area contributed by atoms with E-state index in [1.54, 1.807) is 12.1 Å². The van der Waals surface area contributed by atoms with Crippen molar-refractivity contribution in [3.05, 3.63) is 35.8 Å². The lowest BCUT2D eigenvalue weighted by atomic mass is 10.1. The minimum Gasteiger partial charge on any atom is -0.392 e. The highest BCUT2D eigenvalue weighted by atomic mass is 19.1. The van der Waals surface area contributed by atoms with Gasteiger partial charge in [0.1, 0.15) is 5.52 Å². The molecule has 5 heteroatoms. The number of aliphatic hydroxyl groups excluding tert-OH is 1. The number of carbonyl (C=O) groups excluding carboxylic acids is 1. The fourth-order valence-electron chi connectivity index (χ4n) is 1.58. The number of hydrogen-bond acceptors (Lipinski definition) is 3. The molecular weight excluding hydrogens is 223 g/mol. The van der Waals surface area contributed by atoms with Gasteiger partial charge < -0.3 is 10.4 Å². The number of benzene rings is 1. The van der Waals surface area contributed by atoms with Crippen LogP contribution in [-0.2, 0) is 11.4 Å². The maximum Gasteiger partial charge on any atom is 0.221 e. The maximum atomic E-state index is 13.9. The molecule has 0 spiro atoms. The number of nitrogens with zero attached hydrogens (tertiary/aromatic N) is 1. The predicted molar refractivity (Wildman–Crippen MR) is 61.9 cm³/mol. The molecule has 0 radical (unpaired) electrons. The second-order valence-electron chi connectivity index (χ2n) is 3.68. The average Bonchev–Trinajstić information content (AvgIpc) is 2.32. The monoisotopic (exact) mass is 234 g/mol. The van der Waals surface area contributed by atoms with Gasteiger partial charge >= 0.3 is 0 Å². The van der Waals surface area contributed by atoms with E-state index in [0.29, 0.717) is 10.9 Å². The largest absolute Gasteiger partial charge is 0.392 e. The predicted octanol–water partition coefficient (Wildman–Crippen LogP) is 1.82.